The van der Waals surface area contributed by atoms with E-state index in [-0.39, 0.29) is 18.6 Å². The van der Waals surface area contributed by atoms with E-state index in [1.807, 2.05) is 54.6 Å². The molecule has 4 aromatic rings. The Morgan fingerprint density at radius 3 is 2.90 bits per heavy atom. The fourth-order valence-corrected chi connectivity index (χ4v) is 3.55. The topological polar surface area (TPSA) is 98.3 Å². The van der Waals surface area contributed by atoms with Crippen LogP contribution in [0.1, 0.15) is 11.9 Å². The third-order valence-electron chi connectivity index (χ3n) is 5.05. The van der Waals surface area contributed by atoms with E-state index in [1.54, 1.807) is 15.8 Å². The second-order valence-electron chi connectivity index (χ2n) is 6.96. The number of hydrogen-bond donors (Lipinski definition) is 1. The molecule has 1 saturated heterocycles. The van der Waals surface area contributed by atoms with Crippen LogP contribution < -0.4 is 10.1 Å². The maximum Gasteiger partial charge on any atom is 0.291 e. The summed E-state index contributed by atoms with van der Waals surface area (Å²) in [5.41, 5.74) is 0.885. The summed E-state index contributed by atoms with van der Waals surface area (Å²) in [7, 11) is 0. The van der Waals surface area contributed by atoms with Crippen molar-refractivity contribution in [3.8, 4) is 11.7 Å². The molecule has 1 fully saturated rings. The third kappa shape index (κ3) is 3.50. The molecule has 0 aliphatic carbocycles. The van der Waals surface area contributed by atoms with Crippen LogP contribution in [0.15, 0.2) is 65.3 Å². The number of hydrogen-bond acceptors (Lipinski definition) is 7. The summed E-state index contributed by atoms with van der Waals surface area (Å²) in [6.45, 7) is 1.70. The van der Waals surface area contributed by atoms with Gasteiger partial charge in [0.2, 0.25) is 0 Å². The van der Waals surface area contributed by atoms with E-state index in [4.69, 9.17) is 9.26 Å². The van der Waals surface area contributed by atoms with Crippen LogP contribution in [0.5, 0.6) is 5.75 Å². The first kappa shape index (κ1) is 18.3. The Balaban J connectivity index is 1.35. The molecule has 1 atom stereocenters. The number of rotatable bonds is 5. The summed E-state index contributed by atoms with van der Waals surface area (Å²) in [5, 5.41) is 12.7. The highest BCUT2D eigenvalue weighted by Gasteiger charge is 2.32. The van der Waals surface area contributed by atoms with Crippen molar-refractivity contribution < 1.29 is 14.1 Å². The highest BCUT2D eigenvalue weighted by molar-refractivity contribution is 5.79. The molecule has 5 rings (SSSR count). The molecule has 152 valence electrons. The van der Waals surface area contributed by atoms with Gasteiger partial charge in [-0.25, -0.2) is 0 Å². The van der Waals surface area contributed by atoms with Crippen LogP contribution in [0.2, 0.25) is 0 Å². The molecule has 2 aromatic heterocycles. The molecule has 30 heavy (non-hydrogen) atoms. The number of fused-ring (bicyclic) bond motifs is 1. The molecule has 2 aromatic carbocycles. The zero-order valence-corrected chi connectivity index (χ0v) is 16.1. The highest BCUT2D eigenvalue weighted by atomic mass is 16.5. The van der Waals surface area contributed by atoms with Crippen molar-refractivity contribution in [3.63, 3.8) is 0 Å². The monoisotopic (exact) mass is 404 g/mol. The first-order chi connectivity index (χ1) is 14.8. The number of nitrogens with one attached hydrogen (secondary N) is 1. The van der Waals surface area contributed by atoms with Gasteiger partial charge in [-0.15, -0.1) is 0 Å². The fourth-order valence-electron chi connectivity index (χ4n) is 3.55. The van der Waals surface area contributed by atoms with Gasteiger partial charge in [-0.3, -0.25) is 4.79 Å². The number of piperazine rings is 1. The van der Waals surface area contributed by atoms with Crippen molar-refractivity contribution in [2.45, 2.75) is 6.04 Å². The van der Waals surface area contributed by atoms with Crippen LogP contribution in [0, 0.1) is 0 Å². The van der Waals surface area contributed by atoms with Crippen LogP contribution in [-0.4, -0.2) is 57.0 Å². The van der Waals surface area contributed by atoms with E-state index < -0.39 is 0 Å². The Morgan fingerprint density at radius 2 is 2.00 bits per heavy atom. The van der Waals surface area contributed by atoms with Crippen LogP contribution in [0.3, 0.4) is 0 Å². The molecule has 1 N–H and O–H groups in total. The number of aromatic nitrogens is 4. The van der Waals surface area contributed by atoms with E-state index >= 15 is 0 Å². The van der Waals surface area contributed by atoms with Gasteiger partial charge < -0.3 is 19.5 Å². The molecule has 3 heterocycles. The minimum atomic E-state index is -0.367. The average Bonchev–Trinajstić information content (AvgIpc) is 3.45. The number of amides is 1. The molecule has 1 amide bonds. The Bertz CT molecular complexity index is 1160. The van der Waals surface area contributed by atoms with Gasteiger partial charge in [0.05, 0.1) is 11.7 Å². The minimum absolute atomic E-state index is 0.0503. The van der Waals surface area contributed by atoms with Crippen LogP contribution in [0.25, 0.3) is 16.9 Å². The summed E-state index contributed by atoms with van der Waals surface area (Å²) in [6.07, 6.45) is 1.75. The minimum Gasteiger partial charge on any atom is -0.484 e. The Morgan fingerprint density at radius 1 is 1.17 bits per heavy atom. The zero-order valence-electron chi connectivity index (χ0n) is 16.1. The maximum atomic E-state index is 12.8. The second kappa shape index (κ2) is 7.96. The molecule has 0 bridgehead atoms. The number of carbonyl (C=O) groups excluding carboxylic acids is 1. The lowest BCUT2D eigenvalue weighted by atomic mass is 10.2. The van der Waals surface area contributed by atoms with Crippen LogP contribution >= 0.6 is 0 Å². The van der Waals surface area contributed by atoms with Gasteiger partial charge in [-0.2, -0.15) is 14.8 Å². The van der Waals surface area contributed by atoms with E-state index in [2.05, 4.69) is 20.6 Å². The van der Waals surface area contributed by atoms with Gasteiger partial charge in [-0.05, 0) is 23.4 Å². The lowest BCUT2D eigenvalue weighted by Gasteiger charge is -2.33. The first-order valence-electron chi connectivity index (χ1n) is 9.74. The van der Waals surface area contributed by atoms with Gasteiger partial charge in [0.1, 0.15) is 11.8 Å². The molecule has 1 aliphatic heterocycles. The predicted molar refractivity (Wildman–Crippen MR) is 108 cm³/mol. The van der Waals surface area contributed by atoms with Crippen molar-refractivity contribution in [2.24, 2.45) is 0 Å². The quantitative estimate of drug-likeness (QED) is 0.543. The summed E-state index contributed by atoms with van der Waals surface area (Å²) in [4.78, 5) is 19.1. The molecule has 1 aliphatic rings. The lowest BCUT2D eigenvalue weighted by molar-refractivity contribution is -0.137. The highest BCUT2D eigenvalue weighted by Crippen LogP contribution is 2.23. The molecular formula is C21H20N6O3. The second-order valence-corrected chi connectivity index (χ2v) is 6.96. The third-order valence-corrected chi connectivity index (χ3v) is 5.05. The van der Waals surface area contributed by atoms with Crippen molar-refractivity contribution in [1.29, 1.82) is 0 Å². The van der Waals surface area contributed by atoms with E-state index in [0.717, 1.165) is 10.9 Å². The summed E-state index contributed by atoms with van der Waals surface area (Å²) in [6, 6.07) is 16.7. The summed E-state index contributed by atoms with van der Waals surface area (Å²) >= 11 is 0. The van der Waals surface area contributed by atoms with E-state index in [1.165, 1.54) is 0 Å². The van der Waals surface area contributed by atoms with Crippen molar-refractivity contribution in [1.82, 2.24) is 30.1 Å². The molecular weight excluding hydrogens is 384 g/mol. The standard InChI is InChI=1S/C21H20N6O3/c28-19(14-29-16-7-2-1-3-8-16)26-11-10-22-13-18(26)20-24-21(25-30-20)27-17-9-5-4-6-15(17)12-23-27/h1-9,12,18,22H,10-11,13-14H2/t18-/m1/s1. The summed E-state index contributed by atoms with van der Waals surface area (Å²) < 4.78 is 12.8. The number of carbonyl (C=O) groups is 1. The Labute approximate surface area is 172 Å². The number of para-hydroxylation sites is 2. The Kier molecular flexibility index (Phi) is 4.86. The van der Waals surface area contributed by atoms with E-state index in [9.17, 15) is 4.79 Å². The first-order valence-corrected chi connectivity index (χ1v) is 9.74. The van der Waals surface area contributed by atoms with Crippen molar-refractivity contribution in [2.75, 3.05) is 26.2 Å². The number of ether oxygens (including phenoxy) is 1. The zero-order chi connectivity index (χ0) is 20.3. The largest absolute Gasteiger partial charge is 0.484 e. The van der Waals surface area contributed by atoms with Gasteiger partial charge in [0.25, 0.3) is 17.7 Å². The molecule has 9 nitrogen and oxygen atoms in total. The van der Waals surface area contributed by atoms with Crippen LogP contribution in [0.4, 0.5) is 0 Å². The number of nitrogens with zero attached hydrogens (tertiary/aromatic N) is 5. The number of benzene rings is 2. The average molecular weight is 404 g/mol. The normalized spacial score (nSPS) is 16.7. The van der Waals surface area contributed by atoms with Crippen molar-refractivity contribution >= 4 is 16.8 Å². The Hall–Kier alpha value is -3.72. The van der Waals surface area contributed by atoms with Crippen LogP contribution in [-0.2, 0) is 4.79 Å². The fraction of sp³-hybridized carbons (Fsp3) is 0.238. The van der Waals surface area contributed by atoms with E-state index in [0.29, 0.717) is 37.2 Å². The molecule has 0 unspecified atom stereocenters. The lowest BCUT2D eigenvalue weighted by Crippen LogP contribution is -2.50. The maximum absolute atomic E-state index is 12.8. The molecule has 9 heteroatoms. The van der Waals surface area contributed by atoms with Crippen molar-refractivity contribution in [3.05, 3.63) is 66.7 Å². The summed E-state index contributed by atoms with van der Waals surface area (Å²) in [5.74, 6) is 1.23. The molecule has 0 saturated carbocycles. The van der Waals surface area contributed by atoms with Gasteiger partial charge in [-0.1, -0.05) is 36.4 Å². The SMILES string of the molecule is O=C(COc1ccccc1)N1CCNC[C@@H]1c1nc(-n2ncc3ccccc32)no1. The predicted octanol–water partition coefficient (Wildman–Crippen LogP) is 1.96. The smallest absolute Gasteiger partial charge is 0.291 e. The van der Waals surface area contributed by atoms with Gasteiger partial charge in [0, 0.05) is 25.0 Å². The van der Waals surface area contributed by atoms with Gasteiger partial charge in [0.15, 0.2) is 6.61 Å². The van der Waals surface area contributed by atoms with Gasteiger partial charge >= 0.3 is 0 Å². The molecule has 0 spiro atoms. The molecule has 0 radical (unpaired) electrons.